The Labute approximate surface area is 123 Å². The molecule has 0 aliphatic carbocycles. The molecule has 1 aliphatic rings. The molecule has 2 aromatic rings. The molecule has 6 nitrogen and oxygen atoms in total. The number of likely N-dealkylation sites (tertiary alicyclic amines) is 1. The average Bonchev–Trinajstić information content (AvgIpc) is 2.91. The third-order valence-electron chi connectivity index (χ3n) is 3.88. The van der Waals surface area contributed by atoms with Gasteiger partial charge in [0.2, 0.25) is 5.82 Å². The van der Waals surface area contributed by atoms with Crippen LogP contribution in [0.3, 0.4) is 0 Å². The molecule has 6 heteroatoms. The van der Waals surface area contributed by atoms with Crippen LogP contribution in [0.1, 0.15) is 25.7 Å². The van der Waals surface area contributed by atoms with Gasteiger partial charge in [-0.05, 0) is 51.0 Å². The fourth-order valence-corrected chi connectivity index (χ4v) is 2.78. The van der Waals surface area contributed by atoms with Crippen molar-refractivity contribution in [2.24, 2.45) is 0 Å². The van der Waals surface area contributed by atoms with Crippen molar-refractivity contribution in [1.82, 2.24) is 19.6 Å². The lowest BCUT2D eigenvalue weighted by atomic mass is 10.1. The Morgan fingerprint density at radius 2 is 2.00 bits per heavy atom. The summed E-state index contributed by atoms with van der Waals surface area (Å²) in [6.45, 7) is 3.97. The van der Waals surface area contributed by atoms with Gasteiger partial charge in [-0.15, -0.1) is 0 Å². The molecule has 1 saturated heterocycles. The van der Waals surface area contributed by atoms with E-state index in [1.54, 1.807) is 10.8 Å². The first kappa shape index (κ1) is 14.0. The number of rotatable bonds is 5. The van der Waals surface area contributed by atoms with Gasteiger partial charge < -0.3 is 4.90 Å². The summed E-state index contributed by atoms with van der Waals surface area (Å²) in [6, 6.07) is 5.54. The van der Waals surface area contributed by atoms with Gasteiger partial charge in [0.1, 0.15) is 5.69 Å². The molecule has 1 fully saturated rings. The minimum Gasteiger partial charge on any atom is -0.303 e. The van der Waals surface area contributed by atoms with Crippen LogP contribution < -0.4 is 5.76 Å². The van der Waals surface area contributed by atoms with Crippen LogP contribution in [-0.4, -0.2) is 39.2 Å². The van der Waals surface area contributed by atoms with Crippen LogP contribution >= 0.6 is 0 Å². The van der Waals surface area contributed by atoms with Crippen molar-refractivity contribution in [2.75, 3.05) is 19.6 Å². The molecule has 0 atom stereocenters. The van der Waals surface area contributed by atoms with Gasteiger partial charge in [0.05, 0.1) is 0 Å². The number of nitrogens with zero attached hydrogens (tertiary/aromatic N) is 4. The molecule has 0 bridgehead atoms. The SMILES string of the molecule is O=c1onc(-c2ccccn2)n1CCCN1CCCCC1. The summed E-state index contributed by atoms with van der Waals surface area (Å²) >= 11 is 0. The Balaban J connectivity index is 1.65. The highest BCUT2D eigenvalue weighted by Gasteiger charge is 2.14. The van der Waals surface area contributed by atoms with Gasteiger partial charge in [0.15, 0.2) is 0 Å². The lowest BCUT2D eigenvalue weighted by Gasteiger charge is -2.26. The summed E-state index contributed by atoms with van der Waals surface area (Å²) in [5.41, 5.74) is 0.668. The van der Waals surface area contributed by atoms with E-state index in [-0.39, 0.29) is 0 Å². The molecule has 0 amide bonds. The van der Waals surface area contributed by atoms with E-state index >= 15 is 0 Å². The highest BCUT2D eigenvalue weighted by atomic mass is 16.5. The summed E-state index contributed by atoms with van der Waals surface area (Å²) in [5, 5.41) is 3.85. The van der Waals surface area contributed by atoms with E-state index in [0.717, 1.165) is 13.0 Å². The largest absolute Gasteiger partial charge is 0.441 e. The molecule has 0 saturated carbocycles. The smallest absolute Gasteiger partial charge is 0.303 e. The maximum Gasteiger partial charge on any atom is 0.441 e. The monoisotopic (exact) mass is 288 g/mol. The lowest BCUT2D eigenvalue weighted by molar-refractivity contribution is 0.222. The van der Waals surface area contributed by atoms with Crippen molar-refractivity contribution in [1.29, 1.82) is 0 Å². The zero-order valence-corrected chi connectivity index (χ0v) is 12.1. The summed E-state index contributed by atoms with van der Waals surface area (Å²) < 4.78 is 6.37. The van der Waals surface area contributed by atoms with E-state index in [9.17, 15) is 4.79 Å². The average molecular weight is 288 g/mol. The van der Waals surface area contributed by atoms with Crippen LogP contribution in [0.4, 0.5) is 0 Å². The van der Waals surface area contributed by atoms with E-state index in [2.05, 4.69) is 15.0 Å². The van der Waals surface area contributed by atoms with Crippen LogP contribution in [0.25, 0.3) is 11.5 Å². The Bertz CT molecular complexity index is 614. The molecule has 3 rings (SSSR count). The maximum absolute atomic E-state index is 11.8. The Morgan fingerprint density at radius 3 is 2.76 bits per heavy atom. The zero-order chi connectivity index (χ0) is 14.5. The molecule has 0 spiro atoms. The van der Waals surface area contributed by atoms with Crippen LogP contribution in [-0.2, 0) is 6.54 Å². The third kappa shape index (κ3) is 3.39. The van der Waals surface area contributed by atoms with Gasteiger partial charge in [-0.25, -0.2) is 4.79 Å². The van der Waals surface area contributed by atoms with Gasteiger partial charge in [0, 0.05) is 12.7 Å². The van der Waals surface area contributed by atoms with E-state index in [1.165, 1.54) is 32.4 Å². The first-order valence-corrected chi connectivity index (χ1v) is 7.55. The molecule has 0 unspecified atom stereocenters. The van der Waals surface area contributed by atoms with Crippen LogP contribution in [0, 0.1) is 0 Å². The first-order chi connectivity index (χ1) is 10.3. The van der Waals surface area contributed by atoms with E-state index in [4.69, 9.17) is 4.52 Å². The minimum atomic E-state index is -0.408. The molecule has 21 heavy (non-hydrogen) atoms. The molecular weight excluding hydrogens is 268 g/mol. The van der Waals surface area contributed by atoms with E-state index < -0.39 is 5.76 Å². The van der Waals surface area contributed by atoms with Crippen LogP contribution in [0.5, 0.6) is 0 Å². The molecule has 3 heterocycles. The lowest BCUT2D eigenvalue weighted by Crippen LogP contribution is -2.31. The molecule has 112 valence electrons. The highest BCUT2D eigenvalue weighted by molar-refractivity contribution is 5.47. The summed E-state index contributed by atoms with van der Waals surface area (Å²) in [5.74, 6) is 0.105. The van der Waals surface area contributed by atoms with Gasteiger partial charge in [-0.2, -0.15) is 0 Å². The van der Waals surface area contributed by atoms with E-state index in [1.807, 2.05) is 18.2 Å². The molecule has 0 radical (unpaired) electrons. The number of hydrogen-bond acceptors (Lipinski definition) is 5. The minimum absolute atomic E-state index is 0.408. The Hall–Kier alpha value is -1.95. The molecule has 2 aromatic heterocycles. The molecule has 0 aromatic carbocycles. The topological polar surface area (TPSA) is 64.2 Å². The third-order valence-corrected chi connectivity index (χ3v) is 3.88. The van der Waals surface area contributed by atoms with Crippen LogP contribution in [0.2, 0.25) is 0 Å². The summed E-state index contributed by atoms with van der Waals surface area (Å²) in [7, 11) is 0. The van der Waals surface area contributed by atoms with Crippen molar-refractivity contribution in [3.05, 3.63) is 34.9 Å². The van der Waals surface area contributed by atoms with Gasteiger partial charge in [-0.1, -0.05) is 17.6 Å². The number of piperidine rings is 1. The zero-order valence-electron chi connectivity index (χ0n) is 12.1. The van der Waals surface area contributed by atoms with Crippen molar-refractivity contribution < 1.29 is 4.52 Å². The van der Waals surface area contributed by atoms with Crippen molar-refractivity contribution >= 4 is 0 Å². The second kappa shape index (κ2) is 6.67. The van der Waals surface area contributed by atoms with Gasteiger partial charge in [-0.3, -0.25) is 14.1 Å². The van der Waals surface area contributed by atoms with Crippen molar-refractivity contribution in [3.8, 4) is 11.5 Å². The summed E-state index contributed by atoms with van der Waals surface area (Å²) in [6.07, 6.45) is 6.51. The second-order valence-electron chi connectivity index (χ2n) is 5.39. The Morgan fingerprint density at radius 1 is 1.14 bits per heavy atom. The quantitative estimate of drug-likeness (QED) is 0.839. The summed E-state index contributed by atoms with van der Waals surface area (Å²) in [4.78, 5) is 18.5. The highest BCUT2D eigenvalue weighted by Crippen LogP contribution is 2.13. The first-order valence-electron chi connectivity index (χ1n) is 7.55. The van der Waals surface area contributed by atoms with Gasteiger partial charge >= 0.3 is 5.76 Å². The van der Waals surface area contributed by atoms with Gasteiger partial charge in [0.25, 0.3) is 0 Å². The predicted molar refractivity (Wildman–Crippen MR) is 78.9 cm³/mol. The standard InChI is InChI=1S/C15H20N4O2/c20-15-19(12-6-11-18-9-4-1-5-10-18)14(17-21-15)13-7-2-3-8-16-13/h2-3,7-8H,1,4-6,9-12H2. The number of hydrogen-bond donors (Lipinski definition) is 0. The maximum atomic E-state index is 11.8. The van der Waals surface area contributed by atoms with E-state index in [0.29, 0.717) is 18.1 Å². The number of pyridine rings is 1. The fraction of sp³-hybridized carbons (Fsp3) is 0.533. The molecular formula is C15H20N4O2. The second-order valence-corrected chi connectivity index (χ2v) is 5.39. The molecule has 1 aliphatic heterocycles. The van der Waals surface area contributed by atoms with Crippen molar-refractivity contribution in [3.63, 3.8) is 0 Å². The molecule has 0 N–H and O–H groups in total. The van der Waals surface area contributed by atoms with Crippen LogP contribution in [0.15, 0.2) is 33.7 Å². The predicted octanol–water partition coefficient (Wildman–Crippen LogP) is 1.77. The number of aromatic nitrogens is 3. The van der Waals surface area contributed by atoms with Crippen molar-refractivity contribution in [2.45, 2.75) is 32.2 Å². The normalized spacial score (nSPS) is 16.2. The fourth-order valence-electron chi connectivity index (χ4n) is 2.78. The Kier molecular flexibility index (Phi) is 4.45.